The van der Waals surface area contributed by atoms with Crippen LogP contribution in [0.3, 0.4) is 0 Å². The first-order valence-electron chi connectivity index (χ1n) is 5.30. The topological polar surface area (TPSA) is 48.0 Å². The zero-order valence-electron chi connectivity index (χ0n) is 8.79. The van der Waals surface area contributed by atoms with Gasteiger partial charge in [-0.3, -0.25) is 0 Å². The van der Waals surface area contributed by atoms with E-state index in [1.807, 2.05) is 12.3 Å². The molecule has 0 radical (unpaired) electrons. The van der Waals surface area contributed by atoms with Crippen LogP contribution in [0.15, 0.2) is 18.3 Å². The summed E-state index contributed by atoms with van der Waals surface area (Å²) in [6.07, 6.45) is 3.95. The summed E-state index contributed by atoms with van der Waals surface area (Å²) in [7, 11) is 0. The third kappa shape index (κ3) is 3.94. The zero-order valence-corrected chi connectivity index (χ0v) is 8.79. The number of aliphatic hydroxyl groups excluding tert-OH is 1. The van der Waals surface area contributed by atoms with Crippen LogP contribution in [0, 0.1) is 5.92 Å². The zero-order chi connectivity index (χ0) is 10.2. The summed E-state index contributed by atoms with van der Waals surface area (Å²) in [5, 5.41) is 12.2. The number of aromatic amines is 1. The van der Waals surface area contributed by atoms with Crippen molar-refractivity contribution in [1.82, 2.24) is 10.3 Å². The molecule has 0 aliphatic rings. The summed E-state index contributed by atoms with van der Waals surface area (Å²) in [6, 6.07) is 4.07. The van der Waals surface area contributed by atoms with Crippen LogP contribution in [0.2, 0.25) is 0 Å². The van der Waals surface area contributed by atoms with E-state index < -0.39 is 0 Å². The van der Waals surface area contributed by atoms with Crippen LogP contribution in [0.1, 0.15) is 25.5 Å². The summed E-state index contributed by atoms with van der Waals surface area (Å²) >= 11 is 0. The average Bonchev–Trinajstić information content (AvgIpc) is 2.69. The van der Waals surface area contributed by atoms with Gasteiger partial charge in [0.2, 0.25) is 0 Å². The Bertz CT molecular complexity index is 221. The molecule has 0 aliphatic carbocycles. The SMILES string of the molecule is CCC(CCO)CNCc1ccc[nH]1. The van der Waals surface area contributed by atoms with Gasteiger partial charge in [-0.25, -0.2) is 0 Å². The first-order chi connectivity index (χ1) is 6.86. The van der Waals surface area contributed by atoms with Crippen molar-refractivity contribution in [1.29, 1.82) is 0 Å². The Balaban J connectivity index is 2.13. The lowest BCUT2D eigenvalue weighted by atomic mass is 10.0. The predicted molar refractivity (Wildman–Crippen MR) is 58.0 cm³/mol. The van der Waals surface area contributed by atoms with Gasteiger partial charge in [-0.2, -0.15) is 0 Å². The van der Waals surface area contributed by atoms with Crippen molar-refractivity contribution in [2.45, 2.75) is 26.3 Å². The molecule has 0 amide bonds. The lowest BCUT2D eigenvalue weighted by Gasteiger charge is -2.13. The van der Waals surface area contributed by atoms with Crippen molar-refractivity contribution in [3.05, 3.63) is 24.0 Å². The van der Waals surface area contributed by atoms with Gasteiger partial charge in [0, 0.05) is 25.0 Å². The second-order valence-electron chi connectivity index (χ2n) is 3.61. The fraction of sp³-hybridized carbons (Fsp3) is 0.636. The van der Waals surface area contributed by atoms with Gasteiger partial charge < -0.3 is 15.4 Å². The Hall–Kier alpha value is -0.800. The van der Waals surface area contributed by atoms with E-state index in [9.17, 15) is 0 Å². The molecule has 0 saturated heterocycles. The maximum absolute atomic E-state index is 8.82. The van der Waals surface area contributed by atoms with Gasteiger partial charge in [0.15, 0.2) is 0 Å². The van der Waals surface area contributed by atoms with Crippen molar-refractivity contribution >= 4 is 0 Å². The molecule has 1 aromatic heterocycles. The monoisotopic (exact) mass is 196 g/mol. The second-order valence-corrected chi connectivity index (χ2v) is 3.61. The molecule has 1 heterocycles. The molecule has 3 heteroatoms. The Morgan fingerprint density at radius 1 is 1.57 bits per heavy atom. The van der Waals surface area contributed by atoms with Gasteiger partial charge in [-0.05, 0) is 31.0 Å². The molecule has 14 heavy (non-hydrogen) atoms. The normalized spacial score (nSPS) is 13.0. The largest absolute Gasteiger partial charge is 0.396 e. The molecule has 3 nitrogen and oxygen atoms in total. The third-order valence-electron chi connectivity index (χ3n) is 2.53. The summed E-state index contributed by atoms with van der Waals surface area (Å²) in [5.41, 5.74) is 1.21. The van der Waals surface area contributed by atoms with Crippen molar-refractivity contribution in [3.8, 4) is 0 Å². The first kappa shape index (κ1) is 11.3. The minimum absolute atomic E-state index is 0.294. The van der Waals surface area contributed by atoms with Crippen LogP contribution in [-0.4, -0.2) is 23.2 Å². The fourth-order valence-electron chi connectivity index (χ4n) is 1.52. The van der Waals surface area contributed by atoms with Gasteiger partial charge in [0.1, 0.15) is 0 Å². The highest BCUT2D eigenvalue weighted by Crippen LogP contribution is 2.05. The molecule has 0 spiro atoms. The molecule has 0 bridgehead atoms. The molecule has 80 valence electrons. The van der Waals surface area contributed by atoms with Gasteiger partial charge in [-0.15, -0.1) is 0 Å². The van der Waals surface area contributed by atoms with Crippen molar-refractivity contribution in [2.75, 3.05) is 13.2 Å². The van der Waals surface area contributed by atoms with E-state index in [-0.39, 0.29) is 0 Å². The minimum Gasteiger partial charge on any atom is -0.396 e. The summed E-state index contributed by atoms with van der Waals surface area (Å²) in [4.78, 5) is 3.15. The Morgan fingerprint density at radius 3 is 3.00 bits per heavy atom. The number of nitrogens with one attached hydrogen (secondary N) is 2. The maximum Gasteiger partial charge on any atom is 0.0434 e. The second kappa shape index (κ2) is 6.62. The Kier molecular flexibility index (Phi) is 5.33. The van der Waals surface area contributed by atoms with Crippen LogP contribution in [0.5, 0.6) is 0 Å². The molecule has 1 unspecified atom stereocenters. The summed E-state index contributed by atoms with van der Waals surface area (Å²) in [6.45, 7) is 4.32. The molecule has 0 fully saturated rings. The summed E-state index contributed by atoms with van der Waals surface area (Å²) in [5.74, 6) is 0.593. The lowest BCUT2D eigenvalue weighted by Crippen LogP contribution is -2.23. The molecule has 3 N–H and O–H groups in total. The quantitative estimate of drug-likeness (QED) is 0.619. The van der Waals surface area contributed by atoms with Crippen molar-refractivity contribution in [2.24, 2.45) is 5.92 Å². The highest BCUT2D eigenvalue weighted by Gasteiger charge is 2.04. The van der Waals surface area contributed by atoms with Crippen LogP contribution < -0.4 is 5.32 Å². The van der Waals surface area contributed by atoms with Gasteiger partial charge in [-0.1, -0.05) is 13.3 Å². The number of aliphatic hydroxyl groups is 1. The van der Waals surface area contributed by atoms with E-state index in [1.165, 1.54) is 5.69 Å². The number of hydrogen-bond donors (Lipinski definition) is 3. The number of hydrogen-bond acceptors (Lipinski definition) is 2. The van der Waals surface area contributed by atoms with E-state index in [0.29, 0.717) is 12.5 Å². The van der Waals surface area contributed by atoms with Gasteiger partial charge in [0.25, 0.3) is 0 Å². The lowest BCUT2D eigenvalue weighted by molar-refractivity contribution is 0.251. The summed E-state index contributed by atoms with van der Waals surface area (Å²) < 4.78 is 0. The van der Waals surface area contributed by atoms with Crippen LogP contribution in [-0.2, 0) is 6.54 Å². The molecular formula is C11H20N2O. The molecule has 1 rings (SSSR count). The van der Waals surface area contributed by atoms with Gasteiger partial charge >= 0.3 is 0 Å². The maximum atomic E-state index is 8.82. The highest BCUT2D eigenvalue weighted by atomic mass is 16.3. The minimum atomic E-state index is 0.294. The molecule has 1 atom stereocenters. The molecular weight excluding hydrogens is 176 g/mol. The first-order valence-corrected chi connectivity index (χ1v) is 5.30. The molecule has 0 saturated carbocycles. The third-order valence-corrected chi connectivity index (χ3v) is 2.53. The smallest absolute Gasteiger partial charge is 0.0434 e. The number of rotatable bonds is 7. The Morgan fingerprint density at radius 2 is 2.43 bits per heavy atom. The Labute approximate surface area is 85.5 Å². The fourth-order valence-corrected chi connectivity index (χ4v) is 1.52. The average molecular weight is 196 g/mol. The van der Waals surface area contributed by atoms with E-state index in [4.69, 9.17) is 5.11 Å². The van der Waals surface area contributed by atoms with Crippen molar-refractivity contribution in [3.63, 3.8) is 0 Å². The van der Waals surface area contributed by atoms with Crippen LogP contribution >= 0.6 is 0 Å². The standard InChI is InChI=1S/C11H20N2O/c1-2-10(5-7-14)8-12-9-11-4-3-6-13-11/h3-4,6,10,12-14H,2,5,7-9H2,1H3. The van der Waals surface area contributed by atoms with E-state index in [1.54, 1.807) is 0 Å². The highest BCUT2D eigenvalue weighted by molar-refractivity contribution is 5.02. The van der Waals surface area contributed by atoms with Crippen LogP contribution in [0.4, 0.5) is 0 Å². The number of aromatic nitrogens is 1. The van der Waals surface area contributed by atoms with E-state index >= 15 is 0 Å². The molecule has 0 aromatic carbocycles. The van der Waals surface area contributed by atoms with E-state index in [2.05, 4.69) is 23.3 Å². The van der Waals surface area contributed by atoms with E-state index in [0.717, 1.165) is 25.9 Å². The van der Waals surface area contributed by atoms with Crippen molar-refractivity contribution < 1.29 is 5.11 Å². The van der Waals surface area contributed by atoms with Crippen LogP contribution in [0.25, 0.3) is 0 Å². The van der Waals surface area contributed by atoms with Gasteiger partial charge in [0.05, 0.1) is 0 Å². The molecule has 1 aromatic rings. The molecule has 0 aliphatic heterocycles. The predicted octanol–water partition coefficient (Wildman–Crippen LogP) is 1.51. The number of H-pyrrole nitrogens is 1.